The minimum atomic E-state index is -0.159. The Morgan fingerprint density at radius 1 is 1.53 bits per heavy atom. The molecule has 0 fully saturated rings. The number of carbonyl (C=O) groups is 1. The Kier molecular flexibility index (Phi) is 4.23. The number of hydrogen-bond donors (Lipinski definition) is 1. The van der Waals surface area contributed by atoms with Crippen molar-refractivity contribution in [2.75, 3.05) is 0 Å². The summed E-state index contributed by atoms with van der Waals surface area (Å²) in [6.07, 6.45) is 3.61. The van der Waals surface area contributed by atoms with Gasteiger partial charge in [0.2, 0.25) is 0 Å². The van der Waals surface area contributed by atoms with Crippen molar-refractivity contribution in [1.29, 1.82) is 0 Å². The SMILES string of the molecule is CCn1ncc(CNC(=O)c2nn(C)cc2I)c1C. The van der Waals surface area contributed by atoms with Crippen molar-refractivity contribution < 1.29 is 4.79 Å². The van der Waals surface area contributed by atoms with Crippen molar-refractivity contribution in [3.05, 3.63) is 32.9 Å². The average molecular weight is 373 g/mol. The number of aryl methyl sites for hydroxylation is 2. The van der Waals surface area contributed by atoms with E-state index >= 15 is 0 Å². The number of rotatable bonds is 4. The smallest absolute Gasteiger partial charge is 0.273 e. The van der Waals surface area contributed by atoms with Gasteiger partial charge in [0.15, 0.2) is 5.69 Å². The van der Waals surface area contributed by atoms with Gasteiger partial charge in [0.05, 0.1) is 9.77 Å². The molecule has 1 amide bonds. The summed E-state index contributed by atoms with van der Waals surface area (Å²) in [5.41, 5.74) is 2.57. The molecule has 0 aliphatic heterocycles. The summed E-state index contributed by atoms with van der Waals surface area (Å²) in [5, 5.41) is 11.3. The van der Waals surface area contributed by atoms with E-state index in [9.17, 15) is 4.79 Å². The third-order valence-electron chi connectivity index (χ3n) is 2.94. The maximum Gasteiger partial charge on any atom is 0.273 e. The van der Waals surface area contributed by atoms with Gasteiger partial charge in [-0.2, -0.15) is 10.2 Å². The zero-order valence-electron chi connectivity index (χ0n) is 11.1. The summed E-state index contributed by atoms with van der Waals surface area (Å²) < 4.78 is 4.39. The number of nitrogens with one attached hydrogen (secondary N) is 1. The molecule has 6 nitrogen and oxygen atoms in total. The second-order valence-electron chi connectivity index (χ2n) is 4.25. The number of amides is 1. The van der Waals surface area contributed by atoms with Gasteiger partial charge in [-0.25, -0.2) is 0 Å². The van der Waals surface area contributed by atoms with Crippen molar-refractivity contribution in [2.45, 2.75) is 26.9 Å². The quantitative estimate of drug-likeness (QED) is 0.826. The van der Waals surface area contributed by atoms with Gasteiger partial charge in [-0.3, -0.25) is 14.2 Å². The first-order valence-corrected chi connectivity index (χ1v) is 7.09. The van der Waals surface area contributed by atoms with E-state index in [0.29, 0.717) is 12.2 Å². The van der Waals surface area contributed by atoms with Crippen LogP contribution in [0.15, 0.2) is 12.4 Å². The van der Waals surface area contributed by atoms with Crippen molar-refractivity contribution in [3.63, 3.8) is 0 Å². The molecule has 2 rings (SSSR count). The molecule has 0 aromatic carbocycles. The molecule has 2 aromatic rings. The fraction of sp³-hybridized carbons (Fsp3) is 0.417. The van der Waals surface area contributed by atoms with Crippen LogP contribution < -0.4 is 5.32 Å². The summed E-state index contributed by atoms with van der Waals surface area (Å²) in [5.74, 6) is -0.159. The number of carbonyl (C=O) groups excluding carboxylic acids is 1. The zero-order valence-corrected chi connectivity index (χ0v) is 13.3. The topological polar surface area (TPSA) is 64.7 Å². The average Bonchev–Trinajstić information content (AvgIpc) is 2.89. The molecule has 0 bridgehead atoms. The van der Waals surface area contributed by atoms with E-state index in [0.717, 1.165) is 21.4 Å². The molecule has 0 spiro atoms. The van der Waals surface area contributed by atoms with E-state index in [1.54, 1.807) is 17.9 Å². The summed E-state index contributed by atoms with van der Waals surface area (Å²) in [6, 6.07) is 0. The molecule has 0 unspecified atom stereocenters. The van der Waals surface area contributed by atoms with Crippen LogP contribution in [-0.4, -0.2) is 25.5 Å². The zero-order chi connectivity index (χ0) is 14.0. The molecular weight excluding hydrogens is 357 g/mol. The fourth-order valence-electron chi connectivity index (χ4n) is 1.85. The molecule has 0 atom stereocenters. The predicted molar refractivity (Wildman–Crippen MR) is 79.7 cm³/mol. The van der Waals surface area contributed by atoms with E-state index in [1.165, 1.54) is 0 Å². The molecule has 19 heavy (non-hydrogen) atoms. The molecule has 0 saturated heterocycles. The van der Waals surface area contributed by atoms with Gasteiger partial charge < -0.3 is 5.32 Å². The lowest BCUT2D eigenvalue weighted by molar-refractivity contribution is 0.0944. The maximum absolute atomic E-state index is 12.0. The lowest BCUT2D eigenvalue weighted by Gasteiger charge is -2.04. The highest BCUT2D eigenvalue weighted by Crippen LogP contribution is 2.10. The highest BCUT2D eigenvalue weighted by molar-refractivity contribution is 14.1. The van der Waals surface area contributed by atoms with Crippen molar-refractivity contribution in [1.82, 2.24) is 24.9 Å². The van der Waals surface area contributed by atoms with E-state index in [-0.39, 0.29) is 5.91 Å². The molecule has 0 aliphatic rings. The van der Waals surface area contributed by atoms with Crippen LogP contribution in [0.5, 0.6) is 0 Å². The molecule has 0 saturated carbocycles. The van der Waals surface area contributed by atoms with E-state index in [4.69, 9.17) is 0 Å². The predicted octanol–water partition coefficient (Wildman–Crippen LogP) is 1.48. The molecule has 2 heterocycles. The lowest BCUT2D eigenvalue weighted by atomic mass is 10.2. The van der Waals surface area contributed by atoms with E-state index in [2.05, 4.69) is 38.1 Å². The Balaban J connectivity index is 2.04. The van der Waals surface area contributed by atoms with Crippen LogP contribution in [0.4, 0.5) is 0 Å². The molecule has 7 heteroatoms. The normalized spacial score (nSPS) is 10.7. The van der Waals surface area contributed by atoms with Gasteiger partial charge >= 0.3 is 0 Å². The van der Waals surface area contributed by atoms with Crippen LogP contribution in [0.3, 0.4) is 0 Å². The fourth-order valence-corrected chi connectivity index (χ4v) is 2.61. The number of hydrogen-bond acceptors (Lipinski definition) is 3. The van der Waals surface area contributed by atoms with Crippen LogP contribution in [0.2, 0.25) is 0 Å². The first-order chi connectivity index (χ1) is 9.02. The first kappa shape index (κ1) is 14.0. The van der Waals surface area contributed by atoms with Gasteiger partial charge in [-0.05, 0) is 36.4 Å². The van der Waals surface area contributed by atoms with E-state index < -0.39 is 0 Å². The summed E-state index contributed by atoms with van der Waals surface area (Å²) >= 11 is 2.11. The second kappa shape index (κ2) is 5.72. The Hall–Kier alpha value is -1.38. The molecule has 2 aromatic heterocycles. The Bertz CT molecular complexity index is 601. The monoisotopic (exact) mass is 373 g/mol. The molecule has 0 radical (unpaired) electrons. The van der Waals surface area contributed by atoms with Gasteiger partial charge in [0.1, 0.15) is 0 Å². The highest BCUT2D eigenvalue weighted by atomic mass is 127. The molecule has 102 valence electrons. The summed E-state index contributed by atoms with van der Waals surface area (Å²) in [7, 11) is 1.80. The number of aromatic nitrogens is 4. The molecule has 1 N–H and O–H groups in total. The van der Waals surface area contributed by atoms with E-state index in [1.807, 2.05) is 24.7 Å². The number of halogens is 1. The third kappa shape index (κ3) is 2.96. The van der Waals surface area contributed by atoms with Crippen LogP contribution in [0.25, 0.3) is 0 Å². The summed E-state index contributed by atoms with van der Waals surface area (Å²) in [6.45, 7) is 5.34. The summed E-state index contributed by atoms with van der Waals surface area (Å²) in [4.78, 5) is 12.0. The molecular formula is C12H16IN5O. The highest BCUT2D eigenvalue weighted by Gasteiger charge is 2.14. The Labute approximate surface area is 125 Å². The van der Waals surface area contributed by atoms with Crippen LogP contribution in [0.1, 0.15) is 28.7 Å². The Morgan fingerprint density at radius 3 is 2.79 bits per heavy atom. The van der Waals surface area contributed by atoms with Crippen molar-refractivity contribution in [2.24, 2.45) is 7.05 Å². The standard InChI is InChI=1S/C12H16IN5O/c1-4-18-8(2)9(6-15-18)5-14-12(19)11-10(13)7-17(3)16-11/h6-7H,4-5H2,1-3H3,(H,14,19). The third-order valence-corrected chi connectivity index (χ3v) is 3.73. The van der Waals surface area contributed by atoms with Gasteiger partial charge in [0, 0.05) is 37.6 Å². The Morgan fingerprint density at radius 2 is 2.26 bits per heavy atom. The number of nitrogens with zero attached hydrogens (tertiary/aromatic N) is 4. The van der Waals surface area contributed by atoms with Gasteiger partial charge in [0.25, 0.3) is 5.91 Å². The van der Waals surface area contributed by atoms with Crippen LogP contribution in [0, 0.1) is 10.5 Å². The van der Waals surface area contributed by atoms with Gasteiger partial charge in [-0.1, -0.05) is 0 Å². The largest absolute Gasteiger partial charge is 0.346 e. The van der Waals surface area contributed by atoms with Crippen LogP contribution >= 0.6 is 22.6 Å². The lowest BCUT2D eigenvalue weighted by Crippen LogP contribution is -2.24. The minimum absolute atomic E-state index is 0.159. The second-order valence-corrected chi connectivity index (χ2v) is 5.42. The van der Waals surface area contributed by atoms with Gasteiger partial charge in [-0.15, -0.1) is 0 Å². The van der Waals surface area contributed by atoms with Crippen molar-refractivity contribution >= 4 is 28.5 Å². The van der Waals surface area contributed by atoms with Crippen molar-refractivity contribution in [3.8, 4) is 0 Å². The minimum Gasteiger partial charge on any atom is -0.346 e. The van der Waals surface area contributed by atoms with Crippen LogP contribution in [-0.2, 0) is 20.1 Å². The maximum atomic E-state index is 12.0. The first-order valence-electron chi connectivity index (χ1n) is 6.01. The molecule has 0 aliphatic carbocycles.